The van der Waals surface area contributed by atoms with E-state index in [1.807, 2.05) is 0 Å². The third-order valence-corrected chi connectivity index (χ3v) is 7.75. The molecule has 2 aliphatic rings. The van der Waals surface area contributed by atoms with Crippen LogP contribution in [-0.4, -0.2) is 70.0 Å². The second-order valence-corrected chi connectivity index (χ2v) is 10.6. The first-order valence-electron chi connectivity index (χ1n) is 12.2. The average molecular weight is 564 g/mol. The largest absolute Gasteiger partial charge is 0.416 e. The van der Waals surface area contributed by atoms with Crippen LogP contribution in [0.3, 0.4) is 0 Å². The van der Waals surface area contributed by atoms with Gasteiger partial charge in [-0.1, -0.05) is 23.7 Å². The topological polar surface area (TPSA) is 70.5 Å². The number of benzene rings is 2. The lowest BCUT2D eigenvalue weighted by Crippen LogP contribution is -2.38. The summed E-state index contributed by atoms with van der Waals surface area (Å²) in [5, 5.41) is 8.04. The fourth-order valence-corrected chi connectivity index (χ4v) is 5.68. The standard InChI is InChI=1S/C26H25ClF3N5O2S/c27-20-4-3-18(21(14-20)26(28,29)30)16-35-22-5-2-17(12-19(22)15-32-35)13-23-24(36)34(25(37)38-23)11-10-33-8-1-6-31-7-9-33/h2-5,12-15,31H,1,6-11,16H2. The molecule has 0 bridgehead atoms. The molecule has 200 valence electrons. The fourth-order valence-electron chi connectivity index (χ4n) is 4.64. The lowest BCUT2D eigenvalue weighted by atomic mass is 10.1. The van der Waals surface area contributed by atoms with Crippen LogP contribution >= 0.6 is 23.4 Å². The van der Waals surface area contributed by atoms with Crippen LogP contribution < -0.4 is 5.32 Å². The molecule has 1 N–H and O–H groups in total. The van der Waals surface area contributed by atoms with Crippen LogP contribution in [-0.2, 0) is 17.5 Å². The molecule has 0 aliphatic carbocycles. The Hall–Kier alpha value is -2.86. The molecule has 0 unspecified atom stereocenters. The van der Waals surface area contributed by atoms with Gasteiger partial charge in [-0.25, -0.2) is 0 Å². The van der Waals surface area contributed by atoms with Crippen LogP contribution in [0.5, 0.6) is 0 Å². The Kier molecular flexibility index (Phi) is 7.80. The maximum absolute atomic E-state index is 13.5. The molecule has 1 aromatic heterocycles. The summed E-state index contributed by atoms with van der Waals surface area (Å²) in [4.78, 5) is 29.3. The van der Waals surface area contributed by atoms with Gasteiger partial charge >= 0.3 is 6.18 Å². The van der Waals surface area contributed by atoms with Crippen molar-refractivity contribution in [3.8, 4) is 0 Å². The molecule has 2 amide bonds. The van der Waals surface area contributed by atoms with Gasteiger partial charge in [0.25, 0.3) is 11.1 Å². The van der Waals surface area contributed by atoms with Crippen LogP contribution in [0.2, 0.25) is 5.02 Å². The molecule has 3 heterocycles. The Labute approximate surface area is 226 Å². The summed E-state index contributed by atoms with van der Waals surface area (Å²) < 4.78 is 42.0. The number of hydrogen-bond donors (Lipinski definition) is 1. The molecule has 7 nitrogen and oxygen atoms in total. The predicted octanol–water partition coefficient (Wildman–Crippen LogP) is 5.09. The zero-order chi connectivity index (χ0) is 26.9. The Morgan fingerprint density at radius 3 is 2.74 bits per heavy atom. The lowest BCUT2D eigenvalue weighted by Gasteiger charge is -2.22. The molecule has 3 aromatic rings. The van der Waals surface area contributed by atoms with Crippen molar-refractivity contribution in [1.82, 2.24) is 24.9 Å². The number of nitrogens with one attached hydrogen (secondary N) is 1. The number of aromatic nitrogens is 2. The Balaban J connectivity index is 1.31. The van der Waals surface area contributed by atoms with Crippen LogP contribution in [0.4, 0.5) is 18.0 Å². The average Bonchev–Trinajstić information content (AvgIpc) is 3.24. The van der Waals surface area contributed by atoms with E-state index < -0.39 is 11.7 Å². The van der Waals surface area contributed by atoms with E-state index in [4.69, 9.17) is 11.6 Å². The van der Waals surface area contributed by atoms with Crippen LogP contribution in [0.25, 0.3) is 17.0 Å². The minimum Gasteiger partial charge on any atom is -0.315 e. The van der Waals surface area contributed by atoms with Crippen molar-refractivity contribution >= 4 is 51.5 Å². The molecule has 2 aromatic carbocycles. The SMILES string of the molecule is O=C1SC(=Cc2ccc3c(cnn3Cc3ccc(Cl)cc3C(F)(F)F)c2)C(=O)N1CCN1CCCNCC1. The smallest absolute Gasteiger partial charge is 0.315 e. The van der Waals surface area contributed by atoms with Crippen molar-refractivity contribution in [1.29, 1.82) is 0 Å². The van der Waals surface area contributed by atoms with Gasteiger partial charge in [-0.05, 0) is 72.7 Å². The van der Waals surface area contributed by atoms with Gasteiger partial charge in [0.2, 0.25) is 0 Å². The first-order valence-corrected chi connectivity index (χ1v) is 13.4. The first kappa shape index (κ1) is 26.7. The maximum atomic E-state index is 13.5. The minimum absolute atomic E-state index is 0.0136. The van der Waals surface area contributed by atoms with Crippen molar-refractivity contribution in [2.45, 2.75) is 19.1 Å². The maximum Gasteiger partial charge on any atom is 0.416 e. The van der Waals surface area contributed by atoms with Gasteiger partial charge in [0.15, 0.2) is 0 Å². The molecule has 38 heavy (non-hydrogen) atoms. The number of imide groups is 1. The Morgan fingerprint density at radius 1 is 1.08 bits per heavy atom. The van der Waals surface area contributed by atoms with Crippen molar-refractivity contribution in [2.75, 3.05) is 39.3 Å². The normalized spacial score (nSPS) is 18.6. The van der Waals surface area contributed by atoms with Crippen LogP contribution in [0.15, 0.2) is 47.5 Å². The quantitative estimate of drug-likeness (QED) is 0.421. The van der Waals surface area contributed by atoms with E-state index in [0.717, 1.165) is 50.4 Å². The van der Waals surface area contributed by atoms with Crippen LogP contribution in [0.1, 0.15) is 23.1 Å². The van der Waals surface area contributed by atoms with E-state index in [0.29, 0.717) is 34.5 Å². The summed E-state index contributed by atoms with van der Waals surface area (Å²) in [7, 11) is 0. The number of fused-ring (bicyclic) bond motifs is 1. The van der Waals surface area contributed by atoms with Crippen molar-refractivity contribution < 1.29 is 22.8 Å². The summed E-state index contributed by atoms with van der Waals surface area (Å²) >= 11 is 6.71. The summed E-state index contributed by atoms with van der Waals surface area (Å²) in [6.45, 7) is 4.59. The summed E-state index contributed by atoms with van der Waals surface area (Å²) in [6.07, 6.45) is -0.274. The lowest BCUT2D eigenvalue weighted by molar-refractivity contribution is -0.138. The summed E-state index contributed by atoms with van der Waals surface area (Å²) in [5.74, 6) is -0.314. The number of nitrogens with zero attached hydrogens (tertiary/aromatic N) is 4. The van der Waals surface area contributed by atoms with E-state index in [-0.39, 0.29) is 28.3 Å². The molecule has 2 saturated heterocycles. The Bertz CT molecular complexity index is 1400. The number of halogens is 4. The molecule has 0 atom stereocenters. The van der Waals surface area contributed by atoms with Gasteiger partial charge in [0.1, 0.15) is 0 Å². The van der Waals surface area contributed by atoms with E-state index in [1.165, 1.54) is 21.7 Å². The first-order chi connectivity index (χ1) is 18.2. The minimum atomic E-state index is -4.54. The number of alkyl halides is 3. The third kappa shape index (κ3) is 5.90. The number of hydrogen-bond acceptors (Lipinski definition) is 6. The van der Waals surface area contributed by atoms with E-state index >= 15 is 0 Å². The number of carbonyl (C=O) groups excluding carboxylic acids is 2. The molecule has 5 rings (SSSR count). The highest BCUT2D eigenvalue weighted by Crippen LogP contribution is 2.35. The number of amides is 2. The highest BCUT2D eigenvalue weighted by Gasteiger charge is 2.35. The molecule has 0 saturated carbocycles. The zero-order valence-corrected chi connectivity index (χ0v) is 21.9. The van der Waals surface area contributed by atoms with Crippen molar-refractivity contribution in [3.05, 3.63) is 69.2 Å². The summed E-state index contributed by atoms with van der Waals surface area (Å²) in [6, 6.07) is 8.99. The molecule has 0 spiro atoms. The number of carbonyl (C=O) groups is 2. The second-order valence-electron chi connectivity index (χ2n) is 9.20. The molecule has 2 fully saturated rings. The Morgan fingerprint density at radius 2 is 1.92 bits per heavy atom. The fraction of sp³-hybridized carbons (Fsp3) is 0.346. The van der Waals surface area contributed by atoms with E-state index in [9.17, 15) is 22.8 Å². The predicted molar refractivity (Wildman–Crippen MR) is 142 cm³/mol. The number of thioether (sulfide) groups is 1. The molecule has 0 radical (unpaired) electrons. The number of rotatable bonds is 6. The van der Waals surface area contributed by atoms with Gasteiger partial charge in [-0.3, -0.25) is 19.2 Å². The van der Waals surface area contributed by atoms with Gasteiger partial charge in [-0.15, -0.1) is 0 Å². The van der Waals surface area contributed by atoms with Gasteiger partial charge < -0.3 is 10.2 Å². The molecular formula is C26H25ClF3N5O2S. The van der Waals surface area contributed by atoms with E-state index in [1.54, 1.807) is 30.5 Å². The monoisotopic (exact) mass is 563 g/mol. The molecule has 2 aliphatic heterocycles. The zero-order valence-electron chi connectivity index (χ0n) is 20.3. The van der Waals surface area contributed by atoms with Gasteiger partial charge in [0, 0.05) is 36.6 Å². The molecule has 12 heteroatoms. The van der Waals surface area contributed by atoms with Crippen molar-refractivity contribution in [3.63, 3.8) is 0 Å². The summed E-state index contributed by atoms with van der Waals surface area (Å²) in [5.41, 5.74) is 0.600. The van der Waals surface area contributed by atoms with Crippen molar-refractivity contribution in [2.24, 2.45) is 0 Å². The van der Waals surface area contributed by atoms with Crippen LogP contribution in [0, 0.1) is 0 Å². The van der Waals surface area contributed by atoms with Gasteiger partial charge in [0.05, 0.1) is 28.7 Å². The highest BCUT2D eigenvalue weighted by molar-refractivity contribution is 8.18. The highest BCUT2D eigenvalue weighted by atomic mass is 35.5. The second kappa shape index (κ2) is 11.1. The van der Waals surface area contributed by atoms with E-state index in [2.05, 4.69) is 15.3 Å². The van der Waals surface area contributed by atoms with Gasteiger partial charge in [-0.2, -0.15) is 18.3 Å². The molecular weight excluding hydrogens is 539 g/mol. The third-order valence-electron chi connectivity index (χ3n) is 6.61.